The van der Waals surface area contributed by atoms with Crippen molar-refractivity contribution in [1.29, 1.82) is 0 Å². The molecule has 188 valence electrons. The van der Waals surface area contributed by atoms with E-state index in [-0.39, 0.29) is 19.1 Å². The van der Waals surface area contributed by atoms with Gasteiger partial charge in [0.25, 0.3) is 5.91 Å². The fourth-order valence-corrected chi connectivity index (χ4v) is 4.47. The monoisotopic (exact) mass is 475 g/mol. The van der Waals surface area contributed by atoms with Crippen molar-refractivity contribution in [3.63, 3.8) is 0 Å². The molecule has 9 nitrogen and oxygen atoms in total. The fourth-order valence-electron chi connectivity index (χ4n) is 4.47. The first-order chi connectivity index (χ1) is 16.4. The van der Waals surface area contributed by atoms with Crippen LogP contribution in [0.5, 0.6) is 0 Å². The average Bonchev–Trinajstić information content (AvgIpc) is 2.85. The van der Waals surface area contributed by atoms with E-state index in [2.05, 4.69) is 5.32 Å². The highest BCUT2D eigenvalue weighted by Gasteiger charge is 2.32. The molecule has 0 radical (unpaired) electrons. The molecule has 1 heterocycles. The molecule has 2 aliphatic rings. The Morgan fingerprint density at radius 3 is 2.53 bits per heavy atom. The lowest BCUT2D eigenvalue weighted by Gasteiger charge is -2.32. The maximum atomic E-state index is 13.1. The van der Waals surface area contributed by atoms with Crippen LogP contribution in [0.4, 0.5) is 4.79 Å². The Labute approximate surface area is 201 Å². The first-order valence-corrected chi connectivity index (χ1v) is 12.2. The number of rotatable bonds is 10. The van der Waals surface area contributed by atoms with Crippen LogP contribution < -0.4 is 11.1 Å². The van der Waals surface area contributed by atoms with Crippen molar-refractivity contribution in [3.8, 4) is 0 Å². The van der Waals surface area contributed by atoms with Gasteiger partial charge in [0.15, 0.2) is 6.10 Å². The number of benzene rings is 1. The Bertz CT molecular complexity index is 821. The Morgan fingerprint density at radius 2 is 1.85 bits per heavy atom. The molecule has 1 aliphatic heterocycles. The number of amides is 3. The summed E-state index contributed by atoms with van der Waals surface area (Å²) >= 11 is 0. The van der Waals surface area contributed by atoms with Gasteiger partial charge in [-0.15, -0.1) is 0 Å². The van der Waals surface area contributed by atoms with Crippen molar-refractivity contribution in [2.24, 2.45) is 11.7 Å². The Hall–Kier alpha value is -2.65. The van der Waals surface area contributed by atoms with Gasteiger partial charge >= 0.3 is 6.09 Å². The summed E-state index contributed by atoms with van der Waals surface area (Å²) in [6, 6.07) is 6.68. The number of carbonyl (C=O) groups is 3. The van der Waals surface area contributed by atoms with Gasteiger partial charge in [-0.25, -0.2) is 4.79 Å². The van der Waals surface area contributed by atoms with E-state index in [0.29, 0.717) is 38.6 Å². The maximum Gasteiger partial charge on any atom is 0.408 e. The molecule has 9 heteroatoms. The molecule has 2 fully saturated rings. The minimum Gasteiger partial charge on any atom is -0.436 e. The summed E-state index contributed by atoms with van der Waals surface area (Å²) in [5, 5.41) is 2.49. The van der Waals surface area contributed by atoms with Crippen molar-refractivity contribution in [2.45, 2.75) is 64.2 Å². The van der Waals surface area contributed by atoms with Crippen molar-refractivity contribution in [2.75, 3.05) is 32.9 Å². The van der Waals surface area contributed by atoms with Gasteiger partial charge < -0.3 is 30.2 Å². The lowest BCUT2D eigenvalue weighted by Crippen LogP contribution is -2.51. The Morgan fingerprint density at radius 1 is 1.15 bits per heavy atom. The van der Waals surface area contributed by atoms with E-state index in [1.807, 2.05) is 31.2 Å². The fraction of sp³-hybridized carbons (Fsp3) is 0.640. The number of nitrogens with one attached hydrogen (secondary N) is 1. The molecule has 0 bridgehead atoms. The summed E-state index contributed by atoms with van der Waals surface area (Å²) in [5.41, 5.74) is 7.52. The van der Waals surface area contributed by atoms with Crippen LogP contribution in [0, 0.1) is 12.8 Å². The zero-order chi connectivity index (χ0) is 24.3. The molecule has 2 atom stereocenters. The normalized spacial score (nSPS) is 18.7. The minimum absolute atomic E-state index is 0.0938. The molecule has 0 aromatic heterocycles. The van der Waals surface area contributed by atoms with Crippen LogP contribution in [0.2, 0.25) is 0 Å². The van der Waals surface area contributed by atoms with E-state index >= 15 is 0 Å². The maximum absolute atomic E-state index is 13.1. The molecule has 1 aromatic carbocycles. The van der Waals surface area contributed by atoms with E-state index in [4.69, 9.17) is 19.9 Å². The van der Waals surface area contributed by atoms with Gasteiger partial charge in [0.2, 0.25) is 5.91 Å². The Kier molecular flexibility index (Phi) is 10.2. The van der Waals surface area contributed by atoms with Gasteiger partial charge in [0, 0.05) is 13.1 Å². The molecule has 1 aliphatic carbocycles. The first kappa shape index (κ1) is 26.0. The van der Waals surface area contributed by atoms with Crippen LogP contribution >= 0.6 is 0 Å². The standard InChI is InChI=1S/C25H37N3O6/c1-18-7-5-6-10-20(18)16-33-17-21(23(26)29)27-25(31)34-22(15-19-8-3-2-4-9-19)24(30)28-11-13-32-14-12-28/h5-7,10,19,21-22H,2-4,8-9,11-17H2,1H3,(H2,26,29)(H,27,31)/t21-,22-/m0/s1. The second-order valence-electron chi connectivity index (χ2n) is 9.11. The molecular weight excluding hydrogens is 438 g/mol. The van der Waals surface area contributed by atoms with Crippen LogP contribution in [-0.4, -0.2) is 67.9 Å². The van der Waals surface area contributed by atoms with E-state index in [9.17, 15) is 14.4 Å². The summed E-state index contributed by atoms with van der Waals surface area (Å²) in [4.78, 5) is 39.4. The van der Waals surface area contributed by atoms with E-state index in [0.717, 1.165) is 36.8 Å². The average molecular weight is 476 g/mol. The van der Waals surface area contributed by atoms with Gasteiger partial charge in [-0.3, -0.25) is 9.59 Å². The number of alkyl carbamates (subject to hydrolysis) is 1. The summed E-state index contributed by atoms with van der Waals surface area (Å²) in [7, 11) is 0. The SMILES string of the molecule is Cc1ccccc1COC[C@H](NC(=O)O[C@@H](CC1CCCCC1)C(=O)N1CCOCC1)C(N)=O. The molecule has 3 N–H and O–H groups in total. The van der Waals surface area contributed by atoms with Gasteiger partial charge in [0.05, 0.1) is 26.4 Å². The lowest BCUT2D eigenvalue weighted by atomic mass is 9.85. The van der Waals surface area contributed by atoms with Crippen LogP contribution in [0.3, 0.4) is 0 Å². The van der Waals surface area contributed by atoms with Crippen LogP contribution in [0.25, 0.3) is 0 Å². The highest BCUT2D eigenvalue weighted by molar-refractivity contribution is 5.86. The third kappa shape index (κ3) is 7.99. The molecule has 1 saturated heterocycles. The molecule has 3 amide bonds. The van der Waals surface area contributed by atoms with Crippen LogP contribution in [-0.2, 0) is 30.4 Å². The third-order valence-electron chi connectivity index (χ3n) is 6.56. The van der Waals surface area contributed by atoms with Gasteiger partial charge in [-0.2, -0.15) is 0 Å². The molecule has 3 rings (SSSR count). The number of morpholine rings is 1. The molecule has 1 saturated carbocycles. The predicted octanol–water partition coefficient (Wildman–Crippen LogP) is 2.29. The van der Waals surface area contributed by atoms with Crippen molar-refractivity contribution >= 4 is 17.9 Å². The van der Waals surface area contributed by atoms with Crippen molar-refractivity contribution in [1.82, 2.24) is 10.2 Å². The van der Waals surface area contributed by atoms with Gasteiger partial charge in [-0.1, -0.05) is 56.4 Å². The highest BCUT2D eigenvalue weighted by atomic mass is 16.6. The highest BCUT2D eigenvalue weighted by Crippen LogP contribution is 2.28. The predicted molar refractivity (Wildman–Crippen MR) is 126 cm³/mol. The first-order valence-electron chi connectivity index (χ1n) is 12.2. The zero-order valence-corrected chi connectivity index (χ0v) is 20.0. The molecule has 34 heavy (non-hydrogen) atoms. The molecule has 0 unspecified atom stereocenters. The molecule has 0 spiro atoms. The Balaban J connectivity index is 1.56. The number of hydrogen-bond acceptors (Lipinski definition) is 6. The number of nitrogens with two attached hydrogens (primary N) is 1. The zero-order valence-electron chi connectivity index (χ0n) is 20.0. The van der Waals surface area contributed by atoms with E-state index in [1.54, 1.807) is 4.90 Å². The van der Waals surface area contributed by atoms with Crippen LogP contribution in [0.1, 0.15) is 49.7 Å². The number of ether oxygens (including phenoxy) is 3. The number of aryl methyl sites for hydroxylation is 1. The summed E-state index contributed by atoms with van der Waals surface area (Å²) in [6.07, 6.45) is 4.22. The smallest absolute Gasteiger partial charge is 0.408 e. The minimum atomic E-state index is -1.06. The van der Waals surface area contributed by atoms with Crippen molar-refractivity contribution in [3.05, 3.63) is 35.4 Å². The quantitative estimate of drug-likeness (QED) is 0.536. The summed E-state index contributed by atoms with van der Waals surface area (Å²) in [6.45, 7) is 4.05. The molecule has 1 aromatic rings. The van der Waals surface area contributed by atoms with E-state index in [1.165, 1.54) is 6.42 Å². The van der Waals surface area contributed by atoms with Crippen LogP contribution in [0.15, 0.2) is 24.3 Å². The second-order valence-corrected chi connectivity index (χ2v) is 9.11. The summed E-state index contributed by atoms with van der Waals surface area (Å²) in [5.74, 6) is -0.610. The number of nitrogens with zero attached hydrogens (tertiary/aromatic N) is 1. The number of hydrogen-bond donors (Lipinski definition) is 2. The lowest BCUT2D eigenvalue weighted by molar-refractivity contribution is -0.145. The summed E-state index contributed by atoms with van der Waals surface area (Å²) < 4.78 is 16.6. The van der Waals surface area contributed by atoms with Gasteiger partial charge in [0.1, 0.15) is 6.04 Å². The largest absolute Gasteiger partial charge is 0.436 e. The molecular formula is C25H37N3O6. The van der Waals surface area contributed by atoms with Gasteiger partial charge in [-0.05, 0) is 30.4 Å². The second kappa shape index (κ2) is 13.3. The third-order valence-corrected chi connectivity index (χ3v) is 6.56. The van der Waals surface area contributed by atoms with E-state index < -0.39 is 24.1 Å². The number of carbonyl (C=O) groups excluding carboxylic acids is 3. The topological polar surface area (TPSA) is 120 Å². The van der Waals surface area contributed by atoms with Crippen molar-refractivity contribution < 1.29 is 28.6 Å². The number of primary amides is 1.